The van der Waals surface area contributed by atoms with E-state index in [1.165, 1.54) is 32.1 Å². The maximum absolute atomic E-state index is 10.3. The quantitative estimate of drug-likeness (QED) is 0.881. The summed E-state index contributed by atoms with van der Waals surface area (Å²) in [5, 5.41) is 14.7. The molecule has 1 aromatic rings. The van der Waals surface area contributed by atoms with E-state index in [2.05, 4.69) is 10.00 Å². The SMILES string of the molecule is Cc1nn(CC(O)CN2CCCCCCC2)c(C)c1N. The lowest BCUT2D eigenvalue weighted by molar-refractivity contribution is 0.0902. The lowest BCUT2D eigenvalue weighted by Gasteiger charge is -2.26. The normalized spacial score (nSPS) is 19.6. The summed E-state index contributed by atoms with van der Waals surface area (Å²) in [6.07, 6.45) is 6.12. The van der Waals surface area contributed by atoms with E-state index in [1.807, 2.05) is 18.5 Å². The number of rotatable bonds is 4. The number of likely N-dealkylation sites (tertiary alicyclic amines) is 1. The Kier molecular flexibility index (Phi) is 5.43. The van der Waals surface area contributed by atoms with Gasteiger partial charge in [-0.15, -0.1) is 0 Å². The van der Waals surface area contributed by atoms with E-state index in [-0.39, 0.29) is 6.10 Å². The fraction of sp³-hybridized carbons (Fsp3) is 0.800. The molecule has 114 valence electrons. The molecule has 20 heavy (non-hydrogen) atoms. The van der Waals surface area contributed by atoms with Gasteiger partial charge in [-0.2, -0.15) is 5.10 Å². The third-order valence-corrected chi connectivity index (χ3v) is 4.24. The van der Waals surface area contributed by atoms with Crippen molar-refractivity contribution in [2.24, 2.45) is 0 Å². The molecule has 2 heterocycles. The number of β-amino-alcohol motifs (C(OH)–C–C–N with tert-alkyl or cyclic N) is 1. The molecule has 0 aliphatic carbocycles. The van der Waals surface area contributed by atoms with Gasteiger partial charge in [0.2, 0.25) is 0 Å². The molecule has 2 rings (SSSR count). The van der Waals surface area contributed by atoms with E-state index in [0.717, 1.165) is 36.7 Å². The number of hydrogen-bond donors (Lipinski definition) is 2. The van der Waals surface area contributed by atoms with Crippen molar-refractivity contribution in [2.75, 3.05) is 25.4 Å². The Morgan fingerprint density at radius 2 is 1.70 bits per heavy atom. The minimum absolute atomic E-state index is 0.383. The molecule has 1 aliphatic heterocycles. The summed E-state index contributed by atoms with van der Waals surface area (Å²) in [4.78, 5) is 2.39. The summed E-state index contributed by atoms with van der Waals surface area (Å²) >= 11 is 0. The molecule has 5 heteroatoms. The predicted molar refractivity (Wildman–Crippen MR) is 81.6 cm³/mol. The molecule has 1 fully saturated rings. The van der Waals surface area contributed by atoms with Crippen LogP contribution in [0.25, 0.3) is 0 Å². The molecule has 1 atom stereocenters. The first-order chi connectivity index (χ1) is 9.58. The second-order valence-corrected chi connectivity index (χ2v) is 5.99. The molecular formula is C15H28N4O. The van der Waals surface area contributed by atoms with Crippen LogP contribution in [0.2, 0.25) is 0 Å². The molecule has 0 saturated carbocycles. The van der Waals surface area contributed by atoms with Crippen LogP contribution in [0.15, 0.2) is 0 Å². The summed E-state index contributed by atoms with van der Waals surface area (Å²) in [6.45, 7) is 7.34. The van der Waals surface area contributed by atoms with Crippen molar-refractivity contribution in [3.63, 3.8) is 0 Å². The Morgan fingerprint density at radius 1 is 1.10 bits per heavy atom. The zero-order chi connectivity index (χ0) is 14.5. The van der Waals surface area contributed by atoms with Crippen LogP contribution in [-0.2, 0) is 6.54 Å². The monoisotopic (exact) mass is 280 g/mol. The molecule has 0 bridgehead atoms. The highest BCUT2D eigenvalue weighted by molar-refractivity contribution is 5.46. The average Bonchev–Trinajstić information content (AvgIpc) is 2.60. The molecule has 1 saturated heterocycles. The minimum Gasteiger partial charge on any atom is -0.396 e. The number of hydrogen-bond acceptors (Lipinski definition) is 4. The number of nitrogens with two attached hydrogens (primary N) is 1. The highest BCUT2D eigenvalue weighted by Gasteiger charge is 2.16. The summed E-state index contributed by atoms with van der Waals surface area (Å²) in [5.74, 6) is 0. The van der Waals surface area contributed by atoms with Crippen molar-refractivity contribution in [2.45, 2.75) is 58.6 Å². The first-order valence-electron chi connectivity index (χ1n) is 7.78. The molecule has 5 nitrogen and oxygen atoms in total. The van der Waals surface area contributed by atoms with Crippen molar-refractivity contribution < 1.29 is 5.11 Å². The highest BCUT2D eigenvalue weighted by Crippen LogP contribution is 2.16. The van der Waals surface area contributed by atoms with Crippen molar-refractivity contribution >= 4 is 5.69 Å². The summed E-state index contributed by atoms with van der Waals surface area (Å²) in [6, 6.07) is 0. The van der Waals surface area contributed by atoms with Gasteiger partial charge in [0.15, 0.2) is 0 Å². The first kappa shape index (κ1) is 15.3. The molecule has 0 amide bonds. The van der Waals surface area contributed by atoms with Gasteiger partial charge in [-0.05, 0) is 39.8 Å². The zero-order valence-electron chi connectivity index (χ0n) is 12.8. The number of aryl methyl sites for hydroxylation is 1. The van der Waals surface area contributed by atoms with Gasteiger partial charge >= 0.3 is 0 Å². The molecule has 3 N–H and O–H groups in total. The Morgan fingerprint density at radius 3 is 2.25 bits per heavy atom. The topological polar surface area (TPSA) is 67.3 Å². The standard InChI is InChI=1S/C15H28N4O/c1-12-15(16)13(2)19(17-12)11-14(20)10-18-8-6-4-3-5-7-9-18/h14,20H,3-11,16H2,1-2H3. The van der Waals surface area contributed by atoms with Gasteiger partial charge < -0.3 is 15.7 Å². The lowest BCUT2D eigenvalue weighted by atomic mass is 10.1. The van der Waals surface area contributed by atoms with Crippen LogP contribution >= 0.6 is 0 Å². The van der Waals surface area contributed by atoms with Crippen molar-refractivity contribution in [3.05, 3.63) is 11.4 Å². The van der Waals surface area contributed by atoms with Crippen molar-refractivity contribution in [1.82, 2.24) is 14.7 Å². The molecule has 0 spiro atoms. The highest BCUT2D eigenvalue weighted by atomic mass is 16.3. The number of anilines is 1. The van der Waals surface area contributed by atoms with E-state index in [9.17, 15) is 5.11 Å². The second kappa shape index (κ2) is 7.09. The van der Waals surface area contributed by atoms with E-state index in [0.29, 0.717) is 6.54 Å². The molecular weight excluding hydrogens is 252 g/mol. The van der Waals surface area contributed by atoms with E-state index in [4.69, 9.17) is 5.73 Å². The van der Waals surface area contributed by atoms with Gasteiger partial charge in [-0.3, -0.25) is 4.68 Å². The molecule has 0 aromatic carbocycles. The third-order valence-electron chi connectivity index (χ3n) is 4.24. The van der Waals surface area contributed by atoms with Gasteiger partial charge in [0, 0.05) is 6.54 Å². The number of nitrogens with zero attached hydrogens (tertiary/aromatic N) is 3. The number of aromatic nitrogens is 2. The van der Waals surface area contributed by atoms with E-state index < -0.39 is 0 Å². The van der Waals surface area contributed by atoms with Crippen LogP contribution in [-0.4, -0.2) is 45.5 Å². The number of aliphatic hydroxyl groups is 1. The predicted octanol–water partition coefficient (Wildman–Crippen LogP) is 1.71. The lowest BCUT2D eigenvalue weighted by Crippen LogP contribution is -2.37. The zero-order valence-corrected chi connectivity index (χ0v) is 12.8. The molecule has 1 aliphatic rings. The van der Waals surface area contributed by atoms with E-state index >= 15 is 0 Å². The Bertz CT molecular complexity index is 422. The number of nitrogen functional groups attached to an aromatic ring is 1. The van der Waals surface area contributed by atoms with Crippen molar-refractivity contribution in [3.8, 4) is 0 Å². The van der Waals surface area contributed by atoms with Crippen LogP contribution in [0.5, 0.6) is 0 Å². The minimum atomic E-state index is -0.383. The van der Waals surface area contributed by atoms with Gasteiger partial charge in [-0.25, -0.2) is 0 Å². The van der Waals surface area contributed by atoms with Gasteiger partial charge in [-0.1, -0.05) is 19.3 Å². The average molecular weight is 280 g/mol. The third kappa shape index (κ3) is 3.96. The molecule has 1 aromatic heterocycles. The molecule has 1 unspecified atom stereocenters. The van der Waals surface area contributed by atoms with Crippen LogP contribution in [0.3, 0.4) is 0 Å². The van der Waals surface area contributed by atoms with Crippen LogP contribution in [0.4, 0.5) is 5.69 Å². The van der Waals surface area contributed by atoms with Crippen LogP contribution in [0, 0.1) is 13.8 Å². The Hall–Kier alpha value is -1.07. The van der Waals surface area contributed by atoms with Crippen LogP contribution < -0.4 is 5.73 Å². The van der Waals surface area contributed by atoms with Crippen LogP contribution in [0.1, 0.15) is 43.5 Å². The first-order valence-corrected chi connectivity index (χ1v) is 7.78. The Balaban J connectivity index is 1.87. The largest absolute Gasteiger partial charge is 0.396 e. The van der Waals surface area contributed by atoms with E-state index in [1.54, 1.807) is 0 Å². The maximum Gasteiger partial charge on any atom is 0.0862 e. The summed E-state index contributed by atoms with van der Waals surface area (Å²) in [5.41, 5.74) is 8.47. The summed E-state index contributed by atoms with van der Waals surface area (Å²) in [7, 11) is 0. The summed E-state index contributed by atoms with van der Waals surface area (Å²) < 4.78 is 1.83. The Labute approximate surface area is 121 Å². The van der Waals surface area contributed by atoms with Gasteiger partial charge in [0.1, 0.15) is 0 Å². The fourth-order valence-electron chi connectivity index (χ4n) is 2.94. The maximum atomic E-state index is 10.3. The molecule has 0 radical (unpaired) electrons. The fourth-order valence-corrected chi connectivity index (χ4v) is 2.94. The van der Waals surface area contributed by atoms with Gasteiger partial charge in [0.05, 0.1) is 29.7 Å². The smallest absolute Gasteiger partial charge is 0.0862 e. The van der Waals surface area contributed by atoms with Gasteiger partial charge in [0.25, 0.3) is 0 Å². The second-order valence-electron chi connectivity index (χ2n) is 5.99. The van der Waals surface area contributed by atoms with Crippen molar-refractivity contribution in [1.29, 1.82) is 0 Å². The number of aliphatic hydroxyl groups excluding tert-OH is 1.